The Morgan fingerprint density at radius 2 is 2.06 bits per heavy atom. The molecule has 2 nitrogen and oxygen atoms in total. The third kappa shape index (κ3) is 4.96. The zero-order valence-corrected chi connectivity index (χ0v) is 10.5. The maximum absolute atomic E-state index is 13.2. The fraction of sp³-hybridized carbons (Fsp3) is 0.200. The smallest absolute Gasteiger partial charge is 0.212 e. The Kier molecular flexibility index (Phi) is 4.77. The summed E-state index contributed by atoms with van der Waals surface area (Å²) in [6, 6.07) is 4.15. The highest BCUT2D eigenvalue weighted by atomic mass is 35.7. The molecule has 0 N–H and O–H groups in total. The second-order valence-electron chi connectivity index (χ2n) is 3.10. The van der Waals surface area contributed by atoms with E-state index in [4.69, 9.17) is 22.3 Å². The van der Waals surface area contributed by atoms with Crippen LogP contribution in [0, 0.1) is 5.82 Å². The van der Waals surface area contributed by atoms with Gasteiger partial charge in [-0.2, -0.15) is 0 Å². The van der Waals surface area contributed by atoms with Crippen molar-refractivity contribution in [1.82, 2.24) is 0 Å². The van der Waals surface area contributed by atoms with Crippen LogP contribution in [-0.4, -0.2) is 14.2 Å². The van der Waals surface area contributed by atoms with Crippen molar-refractivity contribution >= 4 is 37.4 Å². The molecule has 0 aliphatic carbocycles. The lowest BCUT2D eigenvalue weighted by molar-refractivity contribution is 0.609. The van der Waals surface area contributed by atoms with Gasteiger partial charge in [0, 0.05) is 21.3 Å². The quantitative estimate of drug-likeness (QED) is 0.793. The molecule has 0 radical (unpaired) electrons. The molecule has 0 aromatic heterocycles. The SMILES string of the molecule is O=S(=O)(Cl)CC/C=C/c1cc(Cl)ccc1F. The average molecular weight is 283 g/mol. The Morgan fingerprint density at radius 1 is 1.38 bits per heavy atom. The molecule has 0 aliphatic heterocycles. The second kappa shape index (κ2) is 5.66. The molecule has 0 unspecified atom stereocenters. The average Bonchev–Trinajstić information content (AvgIpc) is 2.16. The third-order valence-electron chi connectivity index (χ3n) is 1.78. The van der Waals surface area contributed by atoms with E-state index in [1.54, 1.807) is 0 Å². The Labute approximate surface area is 103 Å². The molecule has 1 aromatic rings. The summed E-state index contributed by atoms with van der Waals surface area (Å²) in [7, 11) is 1.52. The van der Waals surface area contributed by atoms with Crippen LogP contribution < -0.4 is 0 Å². The predicted octanol–water partition coefficient (Wildman–Crippen LogP) is 3.45. The molecule has 6 heteroatoms. The summed E-state index contributed by atoms with van der Waals surface area (Å²) in [6.07, 6.45) is 3.25. The first-order chi connectivity index (χ1) is 7.38. The standard InChI is InChI=1S/C10H9Cl2FO2S/c11-9-4-5-10(13)8(7-9)3-1-2-6-16(12,14)15/h1,3-5,7H,2,6H2/b3-1+. The molecule has 0 amide bonds. The van der Waals surface area contributed by atoms with Crippen molar-refractivity contribution < 1.29 is 12.8 Å². The van der Waals surface area contributed by atoms with Crippen LogP contribution in [0.1, 0.15) is 12.0 Å². The van der Waals surface area contributed by atoms with E-state index < -0.39 is 14.9 Å². The number of benzene rings is 1. The van der Waals surface area contributed by atoms with Crippen LogP contribution in [0.3, 0.4) is 0 Å². The van der Waals surface area contributed by atoms with Gasteiger partial charge in [0.2, 0.25) is 9.05 Å². The summed E-state index contributed by atoms with van der Waals surface area (Å²) in [5.74, 6) is -0.581. The normalized spacial score (nSPS) is 12.2. The Hall–Kier alpha value is -0.580. The highest BCUT2D eigenvalue weighted by molar-refractivity contribution is 8.13. The van der Waals surface area contributed by atoms with Crippen LogP contribution in [0.5, 0.6) is 0 Å². The number of rotatable bonds is 4. The first-order valence-electron chi connectivity index (χ1n) is 4.42. The van der Waals surface area contributed by atoms with Crippen LogP contribution in [-0.2, 0) is 9.05 Å². The van der Waals surface area contributed by atoms with Gasteiger partial charge in [-0.3, -0.25) is 0 Å². The monoisotopic (exact) mass is 282 g/mol. The Bertz CT molecular complexity index is 498. The maximum Gasteiger partial charge on any atom is 0.232 e. The van der Waals surface area contributed by atoms with E-state index in [1.165, 1.54) is 30.4 Å². The van der Waals surface area contributed by atoms with E-state index in [9.17, 15) is 12.8 Å². The van der Waals surface area contributed by atoms with Gasteiger partial charge in [0.25, 0.3) is 0 Å². The predicted molar refractivity (Wildman–Crippen MR) is 64.7 cm³/mol. The first-order valence-corrected chi connectivity index (χ1v) is 7.28. The molecule has 0 spiro atoms. The van der Waals surface area contributed by atoms with Gasteiger partial charge in [0.1, 0.15) is 5.82 Å². The molecule has 1 aromatic carbocycles. The van der Waals surface area contributed by atoms with Crippen LogP contribution in [0.4, 0.5) is 4.39 Å². The molecular weight excluding hydrogens is 274 g/mol. The lowest BCUT2D eigenvalue weighted by Crippen LogP contribution is -1.94. The zero-order valence-electron chi connectivity index (χ0n) is 8.16. The van der Waals surface area contributed by atoms with E-state index in [1.807, 2.05) is 0 Å². The van der Waals surface area contributed by atoms with Gasteiger partial charge in [-0.25, -0.2) is 12.8 Å². The molecule has 88 valence electrons. The van der Waals surface area contributed by atoms with Gasteiger partial charge in [0.05, 0.1) is 5.75 Å². The van der Waals surface area contributed by atoms with Crippen molar-refractivity contribution in [3.63, 3.8) is 0 Å². The van der Waals surface area contributed by atoms with Gasteiger partial charge in [-0.05, 0) is 24.6 Å². The fourth-order valence-corrected chi connectivity index (χ4v) is 1.93. The topological polar surface area (TPSA) is 34.1 Å². The van der Waals surface area contributed by atoms with Crippen molar-refractivity contribution in [1.29, 1.82) is 0 Å². The van der Waals surface area contributed by atoms with E-state index in [0.29, 0.717) is 10.6 Å². The number of hydrogen-bond acceptors (Lipinski definition) is 2. The van der Waals surface area contributed by atoms with E-state index in [-0.39, 0.29) is 12.2 Å². The third-order valence-corrected chi connectivity index (χ3v) is 3.21. The molecular formula is C10H9Cl2FO2S. The van der Waals surface area contributed by atoms with Crippen LogP contribution in [0.15, 0.2) is 24.3 Å². The molecule has 1 rings (SSSR count). The fourth-order valence-electron chi connectivity index (χ4n) is 1.06. The van der Waals surface area contributed by atoms with Gasteiger partial charge in [-0.15, -0.1) is 0 Å². The number of allylic oxidation sites excluding steroid dienone is 1. The summed E-state index contributed by atoms with van der Waals surface area (Å²) in [6.45, 7) is 0. The second-order valence-corrected chi connectivity index (χ2v) is 6.43. The van der Waals surface area contributed by atoms with Crippen molar-refractivity contribution in [2.45, 2.75) is 6.42 Å². The summed E-state index contributed by atoms with van der Waals surface area (Å²) < 4.78 is 34.4. The minimum atomic E-state index is -3.50. The Balaban J connectivity index is 2.66. The Morgan fingerprint density at radius 3 is 2.69 bits per heavy atom. The lowest BCUT2D eigenvalue weighted by Gasteiger charge is -1.97. The largest absolute Gasteiger partial charge is 0.232 e. The summed E-state index contributed by atoms with van der Waals surface area (Å²) in [4.78, 5) is 0. The highest BCUT2D eigenvalue weighted by Crippen LogP contribution is 2.16. The van der Waals surface area contributed by atoms with Crippen molar-refractivity contribution in [3.05, 3.63) is 40.7 Å². The number of hydrogen-bond donors (Lipinski definition) is 0. The molecule has 0 saturated carbocycles. The van der Waals surface area contributed by atoms with Gasteiger partial charge >= 0.3 is 0 Å². The molecule has 0 atom stereocenters. The van der Waals surface area contributed by atoms with E-state index in [2.05, 4.69) is 0 Å². The molecule has 0 heterocycles. The zero-order chi connectivity index (χ0) is 12.2. The molecule has 0 aliphatic rings. The van der Waals surface area contributed by atoms with Gasteiger partial charge in [0.15, 0.2) is 0 Å². The van der Waals surface area contributed by atoms with Crippen LogP contribution >= 0.6 is 22.3 Å². The van der Waals surface area contributed by atoms with Gasteiger partial charge < -0.3 is 0 Å². The van der Waals surface area contributed by atoms with E-state index in [0.717, 1.165) is 0 Å². The highest BCUT2D eigenvalue weighted by Gasteiger charge is 2.02. The van der Waals surface area contributed by atoms with E-state index >= 15 is 0 Å². The first kappa shape index (κ1) is 13.5. The summed E-state index contributed by atoms with van der Waals surface area (Å²) in [5, 5.41) is 0.422. The minimum absolute atomic E-state index is 0.173. The maximum atomic E-state index is 13.2. The molecule has 0 saturated heterocycles. The molecule has 0 bridgehead atoms. The molecule has 0 fully saturated rings. The van der Waals surface area contributed by atoms with Crippen molar-refractivity contribution in [2.75, 3.05) is 5.75 Å². The van der Waals surface area contributed by atoms with Crippen LogP contribution in [0.25, 0.3) is 6.08 Å². The van der Waals surface area contributed by atoms with Crippen LogP contribution in [0.2, 0.25) is 5.02 Å². The number of halogens is 3. The summed E-state index contributed by atoms with van der Waals surface area (Å²) >= 11 is 5.68. The van der Waals surface area contributed by atoms with Gasteiger partial charge in [-0.1, -0.05) is 23.8 Å². The van der Waals surface area contributed by atoms with Crippen molar-refractivity contribution in [3.8, 4) is 0 Å². The minimum Gasteiger partial charge on any atom is -0.212 e. The summed E-state index contributed by atoms with van der Waals surface area (Å²) in [5.41, 5.74) is 0.319. The lowest BCUT2D eigenvalue weighted by atomic mass is 10.2. The molecule has 16 heavy (non-hydrogen) atoms. The van der Waals surface area contributed by atoms with Crippen molar-refractivity contribution in [2.24, 2.45) is 0 Å².